The summed E-state index contributed by atoms with van der Waals surface area (Å²) in [5.41, 5.74) is -0.758. The summed E-state index contributed by atoms with van der Waals surface area (Å²) in [7, 11) is 0. The van der Waals surface area contributed by atoms with Gasteiger partial charge in [-0.2, -0.15) is 0 Å². The Labute approximate surface area is 218 Å². The number of carbonyl (C=O) groups is 2. The number of aromatic carboxylic acids is 1. The Kier molecular flexibility index (Phi) is 7.95. The predicted octanol–water partition coefficient (Wildman–Crippen LogP) is 4.20. The van der Waals surface area contributed by atoms with E-state index in [1.807, 2.05) is 0 Å². The van der Waals surface area contributed by atoms with Crippen molar-refractivity contribution in [3.63, 3.8) is 0 Å². The SMILES string of the molecule is O=C(O)c1ccccc1C(=O)Nc1cnc(NCCNc2ccc([N+](=O)[O-])cn2)nc1-c1ccc(F)cc1F. The maximum absolute atomic E-state index is 14.7. The molecule has 2 aromatic heterocycles. The van der Waals surface area contributed by atoms with Crippen LogP contribution in [0.25, 0.3) is 11.3 Å². The largest absolute Gasteiger partial charge is 0.478 e. The molecule has 2 heterocycles. The van der Waals surface area contributed by atoms with Gasteiger partial charge in [-0.3, -0.25) is 14.9 Å². The van der Waals surface area contributed by atoms with Crippen LogP contribution in [0.15, 0.2) is 67.0 Å². The number of benzene rings is 2. The van der Waals surface area contributed by atoms with E-state index >= 15 is 0 Å². The van der Waals surface area contributed by atoms with Gasteiger partial charge in [-0.1, -0.05) is 12.1 Å². The molecule has 12 nitrogen and oxygen atoms in total. The highest BCUT2D eigenvalue weighted by Gasteiger charge is 2.20. The minimum Gasteiger partial charge on any atom is -0.478 e. The molecule has 0 radical (unpaired) electrons. The minimum absolute atomic E-state index is 0.0375. The average Bonchev–Trinajstić information content (AvgIpc) is 2.92. The molecule has 1 amide bonds. The van der Waals surface area contributed by atoms with Crippen LogP contribution in [-0.2, 0) is 0 Å². The lowest BCUT2D eigenvalue weighted by atomic mass is 10.1. The monoisotopic (exact) mass is 535 g/mol. The van der Waals surface area contributed by atoms with Crippen LogP contribution in [0.4, 0.5) is 31.9 Å². The molecule has 4 N–H and O–H groups in total. The van der Waals surface area contributed by atoms with Gasteiger partial charge in [0, 0.05) is 30.8 Å². The molecule has 14 heteroatoms. The number of carbonyl (C=O) groups excluding carboxylic acids is 1. The first-order chi connectivity index (χ1) is 18.7. The Hall–Kier alpha value is -5.53. The summed E-state index contributed by atoms with van der Waals surface area (Å²) in [6, 6.07) is 11.1. The summed E-state index contributed by atoms with van der Waals surface area (Å²) >= 11 is 0. The van der Waals surface area contributed by atoms with Crippen molar-refractivity contribution in [1.82, 2.24) is 15.0 Å². The van der Waals surface area contributed by atoms with Gasteiger partial charge >= 0.3 is 5.97 Å². The molecule has 0 saturated carbocycles. The molecule has 2 aromatic carbocycles. The number of nitrogens with one attached hydrogen (secondary N) is 3. The average molecular weight is 535 g/mol. The van der Waals surface area contributed by atoms with Crippen molar-refractivity contribution < 1.29 is 28.4 Å². The van der Waals surface area contributed by atoms with Gasteiger partial charge in [0.15, 0.2) is 0 Å². The topological polar surface area (TPSA) is 172 Å². The summed E-state index contributed by atoms with van der Waals surface area (Å²) in [4.78, 5) is 46.9. The summed E-state index contributed by atoms with van der Waals surface area (Å²) in [5.74, 6) is -3.39. The van der Waals surface area contributed by atoms with Gasteiger partial charge in [-0.25, -0.2) is 28.5 Å². The van der Waals surface area contributed by atoms with Gasteiger partial charge in [0.2, 0.25) is 5.95 Å². The zero-order valence-corrected chi connectivity index (χ0v) is 19.9. The number of aromatic nitrogens is 3. The first-order valence-electron chi connectivity index (χ1n) is 11.3. The number of nitrogens with zero attached hydrogens (tertiary/aromatic N) is 4. The molecule has 0 atom stereocenters. The molecule has 0 saturated heterocycles. The summed E-state index contributed by atoms with van der Waals surface area (Å²) < 4.78 is 28.2. The van der Waals surface area contributed by atoms with Gasteiger partial charge in [0.1, 0.15) is 29.3 Å². The number of hydrogen-bond donors (Lipinski definition) is 4. The van der Waals surface area contributed by atoms with Crippen molar-refractivity contribution in [3.05, 3.63) is 99.9 Å². The highest BCUT2D eigenvalue weighted by Crippen LogP contribution is 2.30. The predicted molar refractivity (Wildman–Crippen MR) is 137 cm³/mol. The maximum atomic E-state index is 14.7. The summed E-state index contributed by atoms with van der Waals surface area (Å²) in [6.07, 6.45) is 2.32. The van der Waals surface area contributed by atoms with E-state index in [0.717, 1.165) is 18.3 Å². The van der Waals surface area contributed by atoms with E-state index in [-0.39, 0.29) is 46.3 Å². The van der Waals surface area contributed by atoms with Crippen LogP contribution < -0.4 is 16.0 Å². The van der Waals surface area contributed by atoms with E-state index in [0.29, 0.717) is 18.4 Å². The first kappa shape index (κ1) is 26.5. The van der Waals surface area contributed by atoms with Gasteiger partial charge in [-0.15, -0.1) is 0 Å². The smallest absolute Gasteiger partial charge is 0.336 e. The normalized spacial score (nSPS) is 10.5. The summed E-state index contributed by atoms with van der Waals surface area (Å²) in [6.45, 7) is 0.556. The van der Waals surface area contributed by atoms with Gasteiger partial charge in [0.25, 0.3) is 11.6 Å². The zero-order valence-electron chi connectivity index (χ0n) is 19.9. The van der Waals surface area contributed by atoms with Crippen LogP contribution in [0, 0.1) is 21.7 Å². The molecular weight excluding hydrogens is 516 g/mol. The molecule has 0 aliphatic carbocycles. The Morgan fingerprint density at radius 3 is 2.36 bits per heavy atom. The Bertz CT molecular complexity index is 1550. The third-order valence-corrected chi connectivity index (χ3v) is 5.30. The Balaban J connectivity index is 1.54. The van der Waals surface area contributed by atoms with Crippen LogP contribution in [-0.4, -0.2) is 49.9 Å². The number of halogens is 2. The lowest BCUT2D eigenvalue weighted by molar-refractivity contribution is -0.385. The van der Waals surface area contributed by atoms with Crippen LogP contribution in [0.3, 0.4) is 0 Å². The lowest BCUT2D eigenvalue weighted by Crippen LogP contribution is -2.19. The molecule has 0 spiro atoms. The quantitative estimate of drug-likeness (QED) is 0.131. The number of hydrogen-bond acceptors (Lipinski definition) is 9. The van der Waals surface area contributed by atoms with Gasteiger partial charge in [-0.05, 0) is 30.3 Å². The molecule has 4 aromatic rings. The maximum Gasteiger partial charge on any atom is 0.336 e. The van der Waals surface area contributed by atoms with Crippen LogP contribution in [0.5, 0.6) is 0 Å². The second-order valence-corrected chi connectivity index (χ2v) is 7.90. The van der Waals surface area contributed by atoms with Crippen LogP contribution in [0.1, 0.15) is 20.7 Å². The number of amides is 1. The van der Waals surface area contributed by atoms with E-state index in [1.54, 1.807) is 0 Å². The number of carboxylic acids is 1. The van der Waals surface area contributed by atoms with E-state index in [4.69, 9.17) is 0 Å². The molecule has 0 fully saturated rings. The van der Waals surface area contributed by atoms with Crippen molar-refractivity contribution in [1.29, 1.82) is 0 Å². The van der Waals surface area contributed by atoms with E-state index in [2.05, 4.69) is 30.9 Å². The van der Waals surface area contributed by atoms with Crippen molar-refractivity contribution in [2.24, 2.45) is 0 Å². The van der Waals surface area contributed by atoms with Crippen molar-refractivity contribution in [2.75, 3.05) is 29.0 Å². The van der Waals surface area contributed by atoms with E-state index in [9.17, 15) is 33.6 Å². The second-order valence-electron chi connectivity index (χ2n) is 7.90. The molecule has 198 valence electrons. The van der Waals surface area contributed by atoms with Crippen molar-refractivity contribution in [2.45, 2.75) is 0 Å². The van der Waals surface area contributed by atoms with E-state index < -0.39 is 28.4 Å². The first-order valence-corrected chi connectivity index (χ1v) is 11.3. The molecule has 0 bridgehead atoms. The van der Waals surface area contributed by atoms with E-state index in [1.165, 1.54) is 42.6 Å². The standard InChI is InChI=1S/C25H19F2N7O5/c26-14-5-7-18(19(27)11-14)22-20(32-23(35)16-3-1-2-4-17(16)24(36)37)13-31-25(33-22)29-10-9-28-21-8-6-15(12-30-21)34(38)39/h1-8,11-13H,9-10H2,(H,28,30)(H,32,35)(H,36,37)(H,29,31,33). The fraction of sp³-hybridized carbons (Fsp3) is 0.0800. The third kappa shape index (κ3) is 6.43. The van der Waals surface area contributed by atoms with Gasteiger partial charge < -0.3 is 21.1 Å². The zero-order chi connectivity index (χ0) is 27.9. The fourth-order valence-corrected chi connectivity index (χ4v) is 3.47. The van der Waals surface area contributed by atoms with Crippen LogP contribution >= 0.6 is 0 Å². The Morgan fingerprint density at radius 2 is 1.69 bits per heavy atom. The lowest BCUT2D eigenvalue weighted by Gasteiger charge is -2.14. The molecular formula is C25H19F2N7O5. The highest BCUT2D eigenvalue weighted by molar-refractivity contribution is 6.11. The molecule has 4 rings (SSSR count). The summed E-state index contributed by atoms with van der Waals surface area (Å²) in [5, 5.41) is 28.5. The number of rotatable bonds is 10. The van der Waals surface area contributed by atoms with Crippen molar-refractivity contribution in [3.8, 4) is 11.3 Å². The highest BCUT2D eigenvalue weighted by atomic mass is 19.1. The van der Waals surface area contributed by atoms with Crippen molar-refractivity contribution >= 4 is 35.0 Å². The van der Waals surface area contributed by atoms with Gasteiger partial charge in [0.05, 0.1) is 27.9 Å². The number of anilines is 3. The molecule has 0 aliphatic heterocycles. The molecule has 0 unspecified atom stereocenters. The Morgan fingerprint density at radius 1 is 0.949 bits per heavy atom. The van der Waals surface area contributed by atoms with Crippen LogP contribution in [0.2, 0.25) is 0 Å². The number of nitro groups is 1. The fourth-order valence-electron chi connectivity index (χ4n) is 3.47. The minimum atomic E-state index is -1.31. The molecule has 39 heavy (non-hydrogen) atoms. The number of carboxylic acid groups (broad SMARTS) is 1. The number of pyridine rings is 1. The second kappa shape index (κ2) is 11.7. The third-order valence-electron chi connectivity index (χ3n) is 5.30. The molecule has 0 aliphatic rings.